The molecule has 0 unspecified atom stereocenters. The summed E-state index contributed by atoms with van der Waals surface area (Å²) in [6.45, 7) is 7.66. The Morgan fingerprint density at radius 2 is 1.36 bits per heavy atom. The maximum atomic E-state index is 7.60. The van der Waals surface area contributed by atoms with E-state index in [-0.39, 0.29) is 0 Å². The van der Waals surface area contributed by atoms with Crippen LogP contribution in [0.1, 0.15) is 30.8 Å². The number of methoxy groups -OCH3 is 2. The lowest BCUT2D eigenvalue weighted by Gasteiger charge is -2.15. The lowest BCUT2D eigenvalue weighted by Crippen LogP contribution is -2.20. The Balaban J connectivity index is 1.36. The van der Waals surface area contributed by atoms with E-state index in [1.54, 1.807) is 26.6 Å². The first-order valence-corrected chi connectivity index (χ1v) is 16.9. The van der Waals surface area contributed by atoms with Crippen LogP contribution in [0.25, 0.3) is 33.6 Å². The highest BCUT2D eigenvalue weighted by Crippen LogP contribution is 2.42. The van der Waals surface area contributed by atoms with Gasteiger partial charge in [0, 0.05) is 85.7 Å². The molecule has 3 heterocycles. The molecule has 14 heteroatoms. The number of aryl methyl sites for hydroxylation is 1. The lowest BCUT2D eigenvalue weighted by molar-refractivity contribution is 0.387. The predicted molar refractivity (Wildman–Crippen MR) is 198 cm³/mol. The van der Waals surface area contributed by atoms with Crippen LogP contribution in [0.5, 0.6) is 11.8 Å². The van der Waals surface area contributed by atoms with Crippen molar-refractivity contribution in [2.45, 2.75) is 40.0 Å². The minimum atomic E-state index is 0.377. The summed E-state index contributed by atoms with van der Waals surface area (Å²) < 4.78 is 13.1. The average Bonchev–Trinajstić information content (AvgIpc) is 3.61. The van der Waals surface area contributed by atoms with E-state index in [1.165, 1.54) is 6.21 Å². The molecule has 4 N–H and O–H groups in total. The van der Waals surface area contributed by atoms with Crippen LogP contribution in [-0.4, -0.2) is 63.2 Å². The third kappa shape index (κ3) is 8.64. The minimum Gasteiger partial charge on any atom is -0.480 e. The Hall–Kier alpha value is -4.88. The second kappa shape index (κ2) is 17.7. The molecule has 0 fully saturated rings. The first-order valence-electron chi connectivity index (χ1n) is 16.1. The van der Waals surface area contributed by atoms with Crippen LogP contribution in [-0.2, 0) is 26.2 Å². The van der Waals surface area contributed by atoms with Gasteiger partial charge in [-0.2, -0.15) is 5.10 Å². The van der Waals surface area contributed by atoms with Crippen molar-refractivity contribution in [1.82, 2.24) is 45.7 Å². The van der Waals surface area contributed by atoms with Gasteiger partial charge in [-0.25, -0.2) is 9.97 Å². The average molecular weight is 716 g/mol. The molecule has 0 saturated carbocycles. The fraction of sp³-hybridized carbons (Fsp3) is 0.278. The summed E-state index contributed by atoms with van der Waals surface area (Å²) in [7, 11) is 3.13. The molecule has 0 aliphatic carbocycles. The third-order valence-corrected chi connectivity index (χ3v) is 8.59. The largest absolute Gasteiger partial charge is 0.480 e. The van der Waals surface area contributed by atoms with E-state index in [0.717, 1.165) is 35.4 Å². The number of hydrogen-bond donors (Lipinski definition) is 4. The second-order valence-corrected chi connectivity index (χ2v) is 11.8. The summed E-state index contributed by atoms with van der Waals surface area (Å²) in [5.41, 5.74) is 7.14. The summed E-state index contributed by atoms with van der Waals surface area (Å²) in [5.74, 6) is 0.786. The minimum absolute atomic E-state index is 0.377. The van der Waals surface area contributed by atoms with Crippen LogP contribution in [0.2, 0.25) is 10.0 Å². The number of hydrogen-bond acceptors (Lipinski definition) is 11. The molecule has 0 radical (unpaired) electrons. The molecule has 0 aliphatic heterocycles. The Labute approximate surface area is 301 Å². The molecule has 12 nitrogen and oxygen atoms in total. The van der Waals surface area contributed by atoms with Crippen LogP contribution >= 0.6 is 23.2 Å². The van der Waals surface area contributed by atoms with Crippen molar-refractivity contribution in [3.05, 3.63) is 100.0 Å². The molecule has 5 rings (SSSR count). The predicted octanol–water partition coefficient (Wildman–Crippen LogP) is 6.33. The van der Waals surface area contributed by atoms with Crippen molar-refractivity contribution >= 4 is 29.4 Å². The van der Waals surface area contributed by atoms with E-state index in [2.05, 4.69) is 37.9 Å². The number of ether oxygens (including phenoxy) is 2. The highest BCUT2D eigenvalue weighted by molar-refractivity contribution is 6.39. The smallest absolute Gasteiger partial charge is 0.237 e. The monoisotopic (exact) mass is 714 g/mol. The van der Waals surface area contributed by atoms with Crippen molar-refractivity contribution in [2.24, 2.45) is 0 Å². The first-order chi connectivity index (χ1) is 24.4. The molecule has 0 spiro atoms. The third-order valence-electron chi connectivity index (χ3n) is 7.78. The second-order valence-electron chi connectivity index (χ2n) is 11.1. The quantitative estimate of drug-likeness (QED) is 0.0806. The normalized spacial score (nSPS) is 11.4. The molecular weight excluding hydrogens is 675 g/mol. The van der Waals surface area contributed by atoms with Gasteiger partial charge in [-0.05, 0) is 19.4 Å². The standard InChI is InChI=1S/C36H40Cl2N10O2/c1-5-40-14-23(13-39)15-41-18-31-35(49-3)46-29(20-43-31)27-11-7-9-25(33(27)37)26-10-8-12-28(34(26)38)30-21-44-32(36(47-30)50-4)19-42-16-24-17-45-48(6-2)22-24/h7-14,17,20-22,39-42H,5-6,15-16,18-19H2,1-4H3/b23-14+,39-13?. The molecule has 0 aliphatic rings. The zero-order chi connectivity index (χ0) is 35.5. The molecule has 0 bridgehead atoms. The number of nitrogens with zero attached hydrogens (tertiary/aromatic N) is 6. The summed E-state index contributed by atoms with van der Waals surface area (Å²) in [5, 5.41) is 22.6. The maximum absolute atomic E-state index is 7.60. The van der Waals surface area contributed by atoms with E-state index in [4.69, 9.17) is 48.1 Å². The topological polar surface area (TPSA) is 148 Å². The molecule has 0 amide bonds. The molecule has 5 aromatic rings. The summed E-state index contributed by atoms with van der Waals surface area (Å²) in [6, 6.07) is 11.4. The van der Waals surface area contributed by atoms with Crippen molar-refractivity contribution in [2.75, 3.05) is 27.3 Å². The van der Waals surface area contributed by atoms with E-state index in [0.29, 0.717) is 81.9 Å². The van der Waals surface area contributed by atoms with Crippen molar-refractivity contribution in [3.8, 4) is 45.4 Å². The number of halogens is 2. The van der Waals surface area contributed by atoms with E-state index in [9.17, 15) is 0 Å². The van der Waals surface area contributed by atoms with Gasteiger partial charge < -0.3 is 30.8 Å². The molecule has 0 saturated heterocycles. The molecule has 260 valence electrons. The Morgan fingerprint density at radius 3 is 1.86 bits per heavy atom. The van der Waals surface area contributed by atoms with Gasteiger partial charge in [-0.1, -0.05) is 59.6 Å². The summed E-state index contributed by atoms with van der Waals surface area (Å²) >= 11 is 14.1. The molecule has 50 heavy (non-hydrogen) atoms. The zero-order valence-corrected chi connectivity index (χ0v) is 29.9. The van der Waals surface area contributed by atoms with Gasteiger partial charge in [0.1, 0.15) is 11.4 Å². The fourth-order valence-electron chi connectivity index (χ4n) is 5.20. The Bertz CT molecular complexity index is 1960. The van der Waals surface area contributed by atoms with Crippen LogP contribution in [0.15, 0.2) is 73.0 Å². The molecule has 0 atom stereocenters. The Kier molecular flexibility index (Phi) is 12.9. The van der Waals surface area contributed by atoms with Crippen LogP contribution < -0.4 is 25.4 Å². The van der Waals surface area contributed by atoms with Crippen molar-refractivity contribution in [1.29, 1.82) is 5.41 Å². The number of rotatable bonds is 17. The lowest BCUT2D eigenvalue weighted by atomic mass is 9.98. The summed E-state index contributed by atoms with van der Waals surface area (Å²) in [4.78, 5) is 18.8. The van der Waals surface area contributed by atoms with E-state index < -0.39 is 0 Å². The zero-order valence-electron chi connectivity index (χ0n) is 28.4. The maximum Gasteiger partial charge on any atom is 0.237 e. The SMILES string of the molecule is CCN/C=C(\C=N)CNCc1ncc(-c2cccc(-c3cccc(-c4cnc(CNCc5cnn(CC)c5)c(OC)n4)c3Cl)c2Cl)nc1OC. The highest BCUT2D eigenvalue weighted by Gasteiger charge is 2.19. The van der Waals surface area contributed by atoms with Gasteiger partial charge in [-0.3, -0.25) is 14.6 Å². The van der Waals surface area contributed by atoms with Gasteiger partial charge in [0.2, 0.25) is 11.8 Å². The van der Waals surface area contributed by atoms with Crippen LogP contribution in [0.3, 0.4) is 0 Å². The van der Waals surface area contributed by atoms with Gasteiger partial charge in [0.05, 0.1) is 54.2 Å². The number of benzene rings is 2. The number of aromatic nitrogens is 6. The Morgan fingerprint density at radius 1 is 0.800 bits per heavy atom. The van der Waals surface area contributed by atoms with Gasteiger partial charge in [0.25, 0.3) is 0 Å². The van der Waals surface area contributed by atoms with E-state index >= 15 is 0 Å². The van der Waals surface area contributed by atoms with Crippen molar-refractivity contribution in [3.63, 3.8) is 0 Å². The summed E-state index contributed by atoms with van der Waals surface area (Å²) in [6.07, 6.45) is 10.4. The molecule has 2 aromatic carbocycles. The van der Waals surface area contributed by atoms with Gasteiger partial charge >= 0.3 is 0 Å². The van der Waals surface area contributed by atoms with Crippen molar-refractivity contribution < 1.29 is 9.47 Å². The molecular formula is C36H40Cl2N10O2. The van der Waals surface area contributed by atoms with Gasteiger partial charge in [0.15, 0.2) is 0 Å². The highest BCUT2D eigenvalue weighted by atomic mass is 35.5. The number of nitrogens with one attached hydrogen (secondary N) is 4. The first kappa shape index (κ1) is 36.4. The van der Waals surface area contributed by atoms with Gasteiger partial charge in [-0.15, -0.1) is 0 Å². The van der Waals surface area contributed by atoms with Crippen LogP contribution in [0.4, 0.5) is 0 Å². The molecule has 3 aromatic heterocycles. The fourth-order valence-corrected chi connectivity index (χ4v) is 5.85. The van der Waals surface area contributed by atoms with Crippen LogP contribution in [0, 0.1) is 5.41 Å². The van der Waals surface area contributed by atoms with E-state index in [1.807, 2.05) is 66.6 Å².